The summed E-state index contributed by atoms with van der Waals surface area (Å²) in [7, 11) is 3.59. The van der Waals surface area contributed by atoms with Gasteiger partial charge in [-0.3, -0.25) is 0 Å². The third-order valence-corrected chi connectivity index (χ3v) is 2.93. The van der Waals surface area contributed by atoms with Crippen molar-refractivity contribution in [1.29, 1.82) is 0 Å². The zero-order valence-electron chi connectivity index (χ0n) is 9.50. The quantitative estimate of drug-likeness (QED) is 0.810. The summed E-state index contributed by atoms with van der Waals surface area (Å²) >= 11 is 0. The third kappa shape index (κ3) is 1.81. The first-order valence-corrected chi connectivity index (χ1v) is 5.37. The summed E-state index contributed by atoms with van der Waals surface area (Å²) in [5.41, 5.74) is 2.36. The average molecular weight is 207 g/mol. The first-order chi connectivity index (χ1) is 7.26. The molecule has 1 aromatic heterocycles. The van der Waals surface area contributed by atoms with Crippen molar-refractivity contribution < 1.29 is 4.74 Å². The summed E-state index contributed by atoms with van der Waals surface area (Å²) in [6, 6.07) is 0.171. The van der Waals surface area contributed by atoms with E-state index < -0.39 is 0 Å². The molecule has 1 aliphatic carbocycles. The van der Waals surface area contributed by atoms with Crippen LogP contribution in [-0.2, 0) is 12.8 Å². The molecule has 0 bridgehead atoms. The van der Waals surface area contributed by atoms with Gasteiger partial charge in [0, 0.05) is 5.56 Å². The first-order valence-electron chi connectivity index (χ1n) is 5.37. The fourth-order valence-corrected chi connectivity index (χ4v) is 1.91. The SMILES string of the molecule is CNC(C)c1nc2c(c(OC)n1)CCC2. The Morgan fingerprint density at radius 1 is 1.33 bits per heavy atom. The van der Waals surface area contributed by atoms with Gasteiger partial charge in [-0.15, -0.1) is 0 Å². The van der Waals surface area contributed by atoms with Crippen molar-refractivity contribution in [1.82, 2.24) is 15.3 Å². The smallest absolute Gasteiger partial charge is 0.219 e. The van der Waals surface area contributed by atoms with Gasteiger partial charge in [0.1, 0.15) is 5.82 Å². The van der Waals surface area contributed by atoms with Crippen LogP contribution in [0.1, 0.15) is 36.5 Å². The van der Waals surface area contributed by atoms with E-state index in [4.69, 9.17) is 4.74 Å². The van der Waals surface area contributed by atoms with Gasteiger partial charge in [-0.25, -0.2) is 4.98 Å². The predicted octanol–water partition coefficient (Wildman–Crippen LogP) is 1.25. The van der Waals surface area contributed by atoms with Gasteiger partial charge in [-0.05, 0) is 33.2 Å². The van der Waals surface area contributed by atoms with E-state index >= 15 is 0 Å². The molecule has 2 rings (SSSR count). The maximum atomic E-state index is 5.31. The number of aromatic nitrogens is 2. The maximum Gasteiger partial charge on any atom is 0.219 e. The molecule has 1 atom stereocenters. The Labute approximate surface area is 90.1 Å². The molecule has 0 amide bonds. The van der Waals surface area contributed by atoms with Crippen molar-refractivity contribution in [3.8, 4) is 5.88 Å². The normalized spacial score (nSPS) is 16.2. The Kier molecular flexibility index (Phi) is 2.86. The standard InChI is InChI=1S/C11H17N3O/c1-7(12-2)10-13-9-6-4-5-8(9)11(14-10)15-3/h7,12H,4-6H2,1-3H3. The number of ether oxygens (including phenoxy) is 1. The van der Waals surface area contributed by atoms with E-state index in [0.29, 0.717) is 0 Å². The van der Waals surface area contributed by atoms with Gasteiger partial charge < -0.3 is 10.1 Å². The molecule has 1 N–H and O–H groups in total. The molecule has 1 aromatic rings. The molecule has 0 aliphatic heterocycles. The summed E-state index contributed by atoms with van der Waals surface area (Å²) in [6.07, 6.45) is 3.27. The molecule has 0 fully saturated rings. The summed E-state index contributed by atoms with van der Waals surface area (Å²) in [5.74, 6) is 1.59. The van der Waals surface area contributed by atoms with E-state index in [2.05, 4.69) is 22.2 Å². The topological polar surface area (TPSA) is 47.0 Å². The molecule has 0 aromatic carbocycles. The minimum absolute atomic E-state index is 0.171. The van der Waals surface area contributed by atoms with E-state index in [1.54, 1.807) is 7.11 Å². The van der Waals surface area contributed by atoms with Gasteiger partial charge in [0.15, 0.2) is 0 Å². The Balaban J connectivity index is 2.43. The van der Waals surface area contributed by atoms with Crippen LogP contribution in [0.4, 0.5) is 0 Å². The average Bonchev–Trinajstić information content (AvgIpc) is 2.74. The number of rotatable bonds is 3. The van der Waals surface area contributed by atoms with Gasteiger partial charge in [-0.2, -0.15) is 4.98 Å². The zero-order chi connectivity index (χ0) is 10.8. The van der Waals surface area contributed by atoms with Crippen molar-refractivity contribution >= 4 is 0 Å². The highest BCUT2D eigenvalue weighted by Gasteiger charge is 2.21. The molecule has 0 saturated heterocycles. The van der Waals surface area contributed by atoms with Gasteiger partial charge >= 0.3 is 0 Å². The second-order valence-corrected chi connectivity index (χ2v) is 3.88. The lowest BCUT2D eigenvalue weighted by molar-refractivity contribution is 0.387. The van der Waals surface area contributed by atoms with Gasteiger partial charge in [0.05, 0.1) is 18.8 Å². The van der Waals surface area contributed by atoms with Crippen LogP contribution in [0, 0.1) is 0 Å². The van der Waals surface area contributed by atoms with E-state index in [1.165, 1.54) is 11.3 Å². The summed E-state index contributed by atoms with van der Waals surface area (Å²) in [5, 5.41) is 3.14. The van der Waals surface area contributed by atoms with Gasteiger partial charge in [0.25, 0.3) is 0 Å². The van der Waals surface area contributed by atoms with Crippen LogP contribution >= 0.6 is 0 Å². The van der Waals surface area contributed by atoms with Crippen LogP contribution in [0.15, 0.2) is 0 Å². The molecular formula is C11H17N3O. The van der Waals surface area contributed by atoms with Crippen LogP contribution in [0.3, 0.4) is 0 Å². The molecule has 4 heteroatoms. The largest absolute Gasteiger partial charge is 0.481 e. The summed E-state index contributed by atoms with van der Waals surface area (Å²) in [4.78, 5) is 9.02. The van der Waals surface area contributed by atoms with E-state index in [-0.39, 0.29) is 6.04 Å². The molecule has 1 aliphatic rings. The number of hydrogen-bond donors (Lipinski definition) is 1. The Bertz CT molecular complexity index is 365. The van der Waals surface area contributed by atoms with Gasteiger partial charge in [0.2, 0.25) is 5.88 Å². The fourth-order valence-electron chi connectivity index (χ4n) is 1.91. The number of aryl methyl sites for hydroxylation is 1. The van der Waals surface area contributed by atoms with Crippen LogP contribution in [0.25, 0.3) is 0 Å². The molecule has 1 unspecified atom stereocenters. The highest BCUT2D eigenvalue weighted by Crippen LogP contribution is 2.28. The second-order valence-electron chi connectivity index (χ2n) is 3.88. The molecular weight excluding hydrogens is 190 g/mol. The lowest BCUT2D eigenvalue weighted by atomic mass is 10.2. The second kappa shape index (κ2) is 4.14. The van der Waals surface area contributed by atoms with Crippen molar-refractivity contribution in [2.45, 2.75) is 32.2 Å². The molecule has 0 saturated carbocycles. The van der Waals surface area contributed by atoms with Crippen LogP contribution < -0.4 is 10.1 Å². The maximum absolute atomic E-state index is 5.31. The first kappa shape index (κ1) is 10.4. The lowest BCUT2D eigenvalue weighted by Gasteiger charge is -2.12. The number of fused-ring (bicyclic) bond motifs is 1. The zero-order valence-corrected chi connectivity index (χ0v) is 9.50. The number of nitrogens with one attached hydrogen (secondary N) is 1. The number of hydrogen-bond acceptors (Lipinski definition) is 4. The van der Waals surface area contributed by atoms with Crippen LogP contribution in [-0.4, -0.2) is 24.1 Å². The fraction of sp³-hybridized carbons (Fsp3) is 0.636. The minimum atomic E-state index is 0.171. The number of methoxy groups -OCH3 is 1. The van der Waals surface area contributed by atoms with Crippen molar-refractivity contribution in [3.05, 3.63) is 17.1 Å². The Hall–Kier alpha value is -1.16. The van der Waals surface area contributed by atoms with Crippen LogP contribution in [0.5, 0.6) is 5.88 Å². The predicted molar refractivity (Wildman–Crippen MR) is 58.1 cm³/mol. The van der Waals surface area contributed by atoms with Crippen molar-refractivity contribution in [2.75, 3.05) is 14.2 Å². The van der Waals surface area contributed by atoms with Crippen molar-refractivity contribution in [3.63, 3.8) is 0 Å². The minimum Gasteiger partial charge on any atom is -0.481 e. The van der Waals surface area contributed by atoms with E-state index in [0.717, 1.165) is 31.0 Å². The van der Waals surface area contributed by atoms with Crippen LogP contribution in [0.2, 0.25) is 0 Å². The summed E-state index contributed by atoms with van der Waals surface area (Å²) < 4.78 is 5.31. The van der Waals surface area contributed by atoms with E-state index in [1.807, 2.05) is 7.05 Å². The number of nitrogens with zero attached hydrogens (tertiary/aromatic N) is 2. The molecule has 82 valence electrons. The molecule has 15 heavy (non-hydrogen) atoms. The lowest BCUT2D eigenvalue weighted by Crippen LogP contribution is -2.17. The molecule has 0 spiro atoms. The summed E-state index contributed by atoms with van der Waals surface area (Å²) in [6.45, 7) is 2.05. The Morgan fingerprint density at radius 2 is 2.13 bits per heavy atom. The molecule has 4 nitrogen and oxygen atoms in total. The highest BCUT2D eigenvalue weighted by atomic mass is 16.5. The molecule has 0 radical (unpaired) electrons. The highest BCUT2D eigenvalue weighted by molar-refractivity contribution is 5.34. The monoisotopic (exact) mass is 207 g/mol. The van der Waals surface area contributed by atoms with Gasteiger partial charge in [-0.1, -0.05) is 0 Å². The third-order valence-electron chi connectivity index (χ3n) is 2.93. The molecule has 1 heterocycles. The van der Waals surface area contributed by atoms with E-state index in [9.17, 15) is 0 Å². The van der Waals surface area contributed by atoms with Crippen molar-refractivity contribution in [2.24, 2.45) is 0 Å². The Morgan fingerprint density at radius 3 is 2.80 bits per heavy atom.